The van der Waals surface area contributed by atoms with E-state index < -0.39 is 63.3 Å². The van der Waals surface area contributed by atoms with Gasteiger partial charge in [-0.05, 0) is 32.8 Å². The lowest BCUT2D eigenvalue weighted by Crippen LogP contribution is -2.44. The monoisotopic (exact) mass is 721 g/mol. The van der Waals surface area contributed by atoms with Crippen LogP contribution in [-0.4, -0.2) is 78.2 Å². The second kappa shape index (κ2) is 15.0. The van der Waals surface area contributed by atoms with Gasteiger partial charge in [0.1, 0.15) is 17.6 Å². The van der Waals surface area contributed by atoms with Gasteiger partial charge in [-0.15, -0.1) is 11.3 Å². The fraction of sp³-hybridized carbons (Fsp3) is 0.538. The van der Waals surface area contributed by atoms with Gasteiger partial charge in [0.2, 0.25) is 21.7 Å². The van der Waals surface area contributed by atoms with Crippen LogP contribution in [-0.2, 0) is 27.8 Å². The number of carboxylic acids is 1. The van der Waals surface area contributed by atoms with Crippen LogP contribution < -0.4 is 4.72 Å². The summed E-state index contributed by atoms with van der Waals surface area (Å²) in [5, 5.41) is 12.6. The van der Waals surface area contributed by atoms with Crippen molar-refractivity contribution in [1.29, 1.82) is 0 Å². The first-order chi connectivity index (χ1) is 20.9. The number of nitrogens with one attached hydrogen (secondary N) is 1. The molecule has 2 aromatic heterocycles. The molecule has 0 saturated carbocycles. The van der Waals surface area contributed by atoms with Gasteiger partial charge in [-0.25, -0.2) is 17.8 Å². The molecule has 1 aromatic carbocycles. The highest BCUT2D eigenvalue weighted by Crippen LogP contribution is 2.43. The highest BCUT2D eigenvalue weighted by atomic mass is 35.5. The Balaban J connectivity index is 2.10. The summed E-state index contributed by atoms with van der Waals surface area (Å²) in [5.41, 5.74) is -0.775. The topological polar surface area (TPSA) is 139 Å². The smallest absolute Gasteiger partial charge is 0.404 e. The molecule has 0 amide bonds. The number of halogens is 7. The number of carboxylic acid groups (broad SMARTS) is 1. The number of aliphatic carboxylic acids is 1. The average molecular weight is 723 g/mol. The van der Waals surface area contributed by atoms with E-state index in [0.717, 1.165) is 17.4 Å². The number of rotatable bonds is 16. The van der Waals surface area contributed by atoms with Crippen molar-refractivity contribution < 1.29 is 44.8 Å². The molecule has 0 unspecified atom stereocenters. The number of hydrogen-bond acceptors (Lipinski definition) is 9. The maximum atomic E-state index is 13.3. The summed E-state index contributed by atoms with van der Waals surface area (Å²) < 4.78 is 98.7. The molecule has 0 bridgehead atoms. The Morgan fingerprint density at radius 1 is 1.13 bits per heavy atom. The minimum atomic E-state index is -4.85. The maximum absolute atomic E-state index is 13.3. The fourth-order valence-corrected chi connectivity index (χ4v) is 7.32. The van der Waals surface area contributed by atoms with E-state index in [0.29, 0.717) is 4.88 Å². The Bertz CT molecular complexity index is 1600. The quantitative estimate of drug-likeness (QED) is 0.157. The van der Waals surface area contributed by atoms with E-state index in [1.807, 2.05) is 0 Å². The number of alkyl halides is 5. The zero-order valence-corrected chi connectivity index (χ0v) is 27.4. The largest absolute Gasteiger partial charge is 0.481 e. The summed E-state index contributed by atoms with van der Waals surface area (Å²) in [6.45, 7) is 2.85. The molecule has 2 heterocycles. The molecule has 3 rings (SSSR count). The molecule has 0 saturated heterocycles. The van der Waals surface area contributed by atoms with Gasteiger partial charge < -0.3 is 9.63 Å². The van der Waals surface area contributed by atoms with Crippen LogP contribution in [0.5, 0.6) is 0 Å². The van der Waals surface area contributed by atoms with Crippen LogP contribution in [0.4, 0.5) is 22.0 Å². The van der Waals surface area contributed by atoms with E-state index in [1.54, 1.807) is 9.62 Å². The lowest BCUT2D eigenvalue weighted by atomic mass is 9.90. The normalized spacial score (nSPS) is 13.5. The van der Waals surface area contributed by atoms with Crippen LogP contribution in [0.25, 0.3) is 21.3 Å². The van der Waals surface area contributed by atoms with Gasteiger partial charge in [-0.2, -0.15) is 22.9 Å². The van der Waals surface area contributed by atoms with E-state index in [-0.39, 0.29) is 65.5 Å². The van der Waals surface area contributed by atoms with Gasteiger partial charge in [0, 0.05) is 31.6 Å². The predicted octanol–water partition coefficient (Wildman–Crippen LogP) is 6.57. The van der Waals surface area contributed by atoms with Crippen LogP contribution in [0.3, 0.4) is 0 Å². The molecule has 0 radical (unpaired) electrons. The molecule has 45 heavy (non-hydrogen) atoms. The lowest BCUT2D eigenvalue weighted by Gasteiger charge is -2.21. The van der Waals surface area contributed by atoms with E-state index in [1.165, 1.54) is 26.8 Å². The zero-order chi connectivity index (χ0) is 33.7. The third-order valence-corrected chi connectivity index (χ3v) is 10.2. The summed E-state index contributed by atoms with van der Waals surface area (Å²) in [4.78, 5) is 21.6. The van der Waals surface area contributed by atoms with Crippen molar-refractivity contribution in [3.05, 3.63) is 33.8 Å². The van der Waals surface area contributed by atoms with E-state index in [4.69, 9.17) is 27.7 Å². The summed E-state index contributed by atoms with van der Waals surface area (Å²) in [6, 6.07) is -0.114. The van der Waals surface area contributed by atoms with E-state index >= 15 is 0 Å². The van der Waals surface area contributed by atoms with Crippen molar-refractivity contribution in [1.82, 2.24) is 24.7 Å². The molecular formula is C26H30Cl2F5N5O5S2. The van der Waals surface area contributed by atoms with Gasteiger partial charge >= 0.3 is 12.1 Å². The number of sulfonamides is 1. The van der Waals surface area contributed by atoms with Crippen LogP contribution in [0, 0.1) is 5.41 Å². The average Bonchev–Trinajstić information content (AvgIpc) is 3.58. The molecule has 10 nitrogen and oxygen atoms in total. The molecule has 19 heteroatoms. The third kappa shape index (κ3) is 9.10. The van der Waals surface area contributed by atoms with Gasteiger partial charge in [0.15, 0.2) is 5.01 Å². The first-order valence-electron chi connectivity index (χ1n) is 13.4. The third-order valence-electron chi connectivity index (χ3n) is 6.59. The zero-order valence-electron chi connectivity index (χ0n) is 24.2. The summed E-state index contributed by atoms with van der Waals surface area (Å²) in [5.74, 6) is -1.07. The minimum Gasteiger partial charge on any atom is -0.481 e. The summed E-state index contributed by atoms with van der Waals surface area (Å²) >= 11 is 13.8. The maximum Gasteiger partial charge on any atom is 0.404 e. The number of benzene rings is 1. The van der Waals surface area contributed by atoms with Gasteiger partial charge in [0.05, 0.1) is 32.7 Å². The molecule has 2 N–H and O–H groups in total. The number of carbonyl (C=O) groups is 1. The fourth-order valence-electron chi connectivity index (χ4n) is 4.06. The minimum absolute atomic E-state index is 0.00661. The van der Waals surface area contributed by atoms with Crippen LogP contribution >= 0.6 is 34.5 Å². The summed E-state index contributed by atoms with van der Waals surface area (Å²) in [7, 11) is -4.77. The lowest BCUT2D eigenvalue weighted by molar-refractivity contribution is -0.151. The Morgan fingerprint density at radius 3 is 2.40 bits per heavy atom. The Morgan fingerprint density at radius 2 is 1.82 bits per heavy atom. The standard InChI is InChI=1S/C26H30Cl2F5N5O5S2/c1-4-17(26(31,32)33)37-45(41,42)16-7-6-14(19(27)20(16)28)21-15(13-38(11-9-30)10-5-8-29)34-23(44-21)22-35-18(43-36-22)12-25(2,3)24(39)40/h6-7,17,37H,4-5,8-13H2,1-3H3,(H,39,40)/t17-/m0/s1. The highest BCUT2D eigenvalue weighted by molar-refractivity contribution is 7.89. The summed E-state index contributed by atoms with van der Waals surface area (Å²) in [6.07, 6.45) is -5.39. The van der Waals surface area contributed by atoms with Crippen molar-refractivity contribution in [2.45, 2.75) is 63.7 Å². The number of thiazole rings is 1. The Kier molecular flexibility index (Phi) is 12.3. The Labute approximate surface area is 270 Å². The van der Waals surface area contributed by atoms with E-state index in [9.17, 15) is 40.3 Å². The van der Waals surface area contributed by atoms with Crippen molar-refractivity contribution in [3.8, 4) is 21.3 Å². The molecule has 3 aromatic rings. The second-order valence-electron chi connectivity index (χ2n) is 10.5. The second-order valence-corrected chi connectivity index (χ2v) is 14.0. The van der Waals surface area contributed by atoms with Crippen LogP contribution in [0.15, 0.2) is 21.6 Å². The molecule has 0 aliphatic heterocycles. The molecule has 0 fully saturated rings. The first kappa shape index (κ1) is 37.0. The van der Waals surface area contributed by atoms with Crippen LogP contribution in [0.1, 0.15) is 45.2 Å². The van der Waals surface area contributed by atoms with Crippen molar-refractivity contribution in [2.24, 2.45) is 5.41 Å². The number of aromatic nitrogens is 3. The Hall–Kier alpha value is -2.44. The molecule has 0 aliphatic rings. The molecule has 0 spiro atoms. The van der Waals surface area contributed by atoms with Crippen molar-refractivity contribution in [3.63, 3.8) is 0 Å². The molecular weight excluding hydrogens is 692 g/mol. The predicted molar refractivity (Wildman–Crippen MR) is 158 cm³/mol. The van der Waals surface area contributed by atoms with Crippen molar-refractivity contribution >= 4 is 50.5 Å². The first-order valence-corrected chi connectivity index (χ1v) is 16.5. The van der Waals surface area contributed by atoms with E-state index in [2.05, 4.69) is 15.1 Å². The molecule has 0 aliphatic carbocycles. The van der Waals surface area contributed by atoms with Gasteiger partial charge in [-0.3, -0.25) is 14.1 Å². The number of nitrogens with zero attached hydrogens (tertiary/aromatic N) is 4. The van der Waals surface area contributed by atoms with Crippen molar-refractivity contribution in [2.75, 3.05) is 26.4 Å². The highest BCUT2D eigenvalue weighted by Gasteiger charge is 2.41. The van der Waals surface area contributed by atoms with Gasteiger partial charge in [-0.1, -0.05) is 41.3 Å². The number of hydrogen-bond donors (Lipinski definition) is 2. The van der Waals surface area contributed by atoms with Crippen LogP contribution in [0.2, 0.25) is 10.0 Å². The van der Waals surface area contributed by atoms with Gasteiger partial charge in [0.25, 0.3) is 0 Å². The molecule has 250 valence electrons. The SMILES string of the molecule is CC[C@H](NS(=O)(=O)c1ccc(-c2sc(-c3noc(CC(C)(C)C(=O)O)n3)nc2CN(CCF)CCCF)c(Cl)c1Cl)C(F)(F)F. The molecule has 1 atom stereocenters.